The van der Waals surface area contributed by atoms with Gasteiger partial charge in [-0.05, 0) is 41.5 Å². The van der Waals surface area contributed by atoms with Crippen molar-refractivity contribution in [2.75, 3.05) is 0 Å². The van der Waals surface area contributed by atoms with Gasteiger partial charge in [0.15, 0.2) is 29.1 Å². The van der Waals surface area contributed by atoms with Gasteiger partial charge in [0.2, 0.25) is 0 Å². The topological polar surface area (TPSA) is 201 Å². The molecule has 0 saturated heterocycles. The zero-order valence-electron chi connectivity index (χ0n) is 21.2. The average molecular weight is 563 g/mol. The van der Waals surface area contributed by atoms with E-state index in [-0.39, 0.29) is 51.9 Å². The number of phenolic OH excluding ortho intramolecular Hbond substituents is 7. The van der Waals surface area contributed by atoms with Crippen LogP contribution in [0.2, 0.25) is 0 Å². The lowest BCUT2D eigenvalue weighted by atomic mass is 9.78. The van der Waals surface area contributed by atoms with E-state index in [0.717, 1.165) is 0 Å². The molecule has 5 atom stereocenters. The highest BCUT2D eigenvalue weighted by Crippen LogP contribution is 2.54. The van der Waals surface area contributed by atoms with E-state index in [0.29, 0.717) is 11.1 Å². The van der Waals surface area contributed by atoms with E-state index >= 15 is 0 Å². The number of aliphatic hydroxyl groups excluding tert-OH is 2. The Bertz CT molecular complexity index is 1670. The molecule has 0 bridgehead atoms. The predicted molar refractivity (Wildman–Crippen MR) is 142 cm³/mol. The van der Waals surface area contributed by atoms with Crippen molar-refractivity contribution in [3.63, 3.8) is 0 Å². The number of benzene rings is 4. The minimum atomic E-state index is -1.44. The molecule has 0 amide bonds. The van der Waals surface area contributed by atoms with Crippen LogP contribution in [-0.2, 0) is 6.42 Å². The average Bonchev–Trinajstić information content (AvgIpc) is 2.93. The number of fused-ring (bicyclic) bond motifs is 2. The van der Waals surface area contributed by atoms with Crippen molar-refractivity contribution in [3.8, 4) is 51.7 Å². The van der Waals surface area contributed by atoms with E-state index in [9.17, 15) is 46.0 Å². The molecular formula is C30H26O11. The Morgan fingerprint density at radius 3 is 1.83 bits per heavy atom. The van der Waals surface area contributed by atoms with Crippen LogP contribution in [0.1, 0.15) is 45.9 Å². The summed E-state index contributed by atoms with van der Waals surface area (Å²) in [4.78, 5) is 0. The Morgan fingerprint density at radius 2 is 1.20 bits per heavy atom. The molecule has 0 spiro atoms. The number of hydrogen-bond donors (Lipinski definition) is 9. The van der Waals surface area contributed by atoms with Crippen molar-refractivity contribution >= 4 is 0 Å². The van der Waals surface area contributed by atoms with Crippen LogP contribution in [0.25, 0.3) is 0 Å². The van der Waals surface area contributed by atoms with Gasteiger partial charge in [0.1, 0.15) is 41.0 Å². The first kappa shape index (κ1) is 26.2. The summed E-state index contributed by atoms with van der Waals surface area (Å²) in [5, 5.41) is 94.6. The van der Waals surface area contributed by atoms with Gasteiger partial charge in [0.25, 0.3) is 0 Å². The highest BCUT2D eigenvalue weighted by Gasteiger charge is 2.44. The molecule has 11 nitrogen and oxygen atoms in total. The summed E-state index contributed by atoms with van der Waals surface area (Å²) < 4.78 is 11.9. The second kappa shape index (κ2) is 9.58. The number of aromatic hydroxyl groups is 7. The number of hydrogen-bond acceptors (Lipinski definition) is 11. The largest absolute Gasteiger partial charge is 0.508 e. The molecule has 2 aliphatic heterocycles. The summed E-state index contributed by atoms with van der Waals surface area (Å²) in [5.41, 5.74) is 1.07. The standard InChI is InChI=1S/C30H26O11/c31-14-3-4-15-23(9-14)41-30(13-2-6-18(33)20(35)8-13)28(39)25(15)26-21(36)11-24-16(27(26)38)10-22(37)29(40-24)12-1-5-17(32)19(34)7-12/h1-9,11,22,25,28-39H,10H2/t22-,25-,28+,29+,30+/m0/s1. The molecule has 9 N–H and O–H groups in total. The lowest BCUT2D eigenvalue weighted by molar-refractivity contribution is 0.00659. The second-order valence-corrected chi connectivity index (χ2v) is 10.2. The molecular weight excluding hydrogens is 536 g/mol. The quantitative estimate of drug-likeness (QED) is 0.166. The van der Waals surface area contributed by atoms with Gasteiger partial charge in [0.05, 0.1) is 6.10 Å². The Labute approximate surface area is 232 Å². The number of phenols is 7. The van der Waals surface area contributed by atoms with Gasteiger partial charge < -0.3 is 55.4 Å². The van der Waals surface area contributed by atoms with Gasteiger partial charge in [-0.25, -0.2) is 0 Å². The molecule has 212 valence electrons. The van der Waals surface area contributed by atoms with Crippen molar-refractivity contribution in [2.45, 2.75) is 36.8 Å². The van der Waals surface area contributed by atoms with Gasteiger partial charge in [-0.15, -0.1) is 0 Å². The Morgan fingerprint density at radius 1 is 0.585 bits per heavy atom. The molecule has 2 heterocycles. The van der Waals surface area contributed by atoms with Gasteiger partial charge >= 0.3 is 0 Å². The summed E-state index contributed by atoms with van der Waals surface area (Å²) in [6.45, 7) is 0. The SMILES string of the molecule is Oc1ccc2c(c1)O[C@H](c1ccc(O)c(O)c1)[C@H](O)[C@@H]2c1c(O)cc2c(c1O)C[C@H](O)[C@@H](c1ccc(O)c(O)c1)O2. The fraction of sp³-hybridized carbons (Fsp3) is 0.200. The predicted octanol–water partition coefficient (Wildman–Crippen LogP) is 3.29. The number of ether oxygens (including phenoxy) is 2. The fourth-order valence-corrected chi connectivity index (χ4v) is 5.59. The Kier molecular flexibility index (Phi) is 6.13. The van der Waals surface area contributed by atoms with Crippen LogP contribution in [0.15, 0.2) is 60.7 Å². The number of rotatable bonds is 3. The number of aliphatic hydroxyl groups is 2. The smallest absolute Gasteiger partial charge is 0.157 e. The molecule has 41 heavy (non-hydrogen) atoms. The van der Waals surface area contributed by atoms with Crippen LogP contribution in [0, 0.1) is 0 Å². The first-order valence-electron chi connectivity index (χ1n) is 12.7. The van der Waals surface area contributed by atoms with E-state index in [1.807, 2.05) is 0 Å². The van der Waals surface area contributed by atoms with E-state index in [4.69, 9.17) is 9.47 Å². The van der Waals surface area contributed by atoms with Crippen molar-refractivity contribution in [2.24, 2.45) is 0 Å². The molecule has 4 aromatic rings. The van der Waals surface area contributed by atoms with Crippen LogP contribution in [0.3, 0.4) is 0 Å². The maximum atomic E-state index is 11.6. The summed E-state index contributed by atoms with van der Waals surface area (Å²) in [6, 6.07) is 13.3. The summed E-state index contributed by atoms with van der Waals surface area (Å²) in [6.07, 6.45) is -4.87. The highest BCUT2D eigenvalue weighted by atomic mass is 16.5. The Hall–Kier alpha value is -5.00. The van der Waals surface area contributed by atoms with Gasteiger partial charge in [0, 0.05) is 41.2 Å². The van der Waals surface area contributed by atoms with Crippen molar-refractivity contribution in [1.29, 1.82) is 0 Å². The summed E-state index contributed by atoms with van der Waals surface area (Å²) in [7, 11) is 0. The molecule has 6 rings (SSSR count). The summed E-state index contributed by atoms with van der Waals surface area (Å²) >= 11 is 0. The zero-order valence-corrected chi connectivity index (χ0v) is 21.2. The molecule has 4 aromatic carbocycles. The minimum Gasteiger partial charge on any atom is -0.508 e. The van der Waals surface area contributed by atoms with Crippen LogP contribution < -0.4 is 9.47 Å². The van der Waals surface area contributed by atoms with E-state index in [1.54, 1.807) is 0 Å². The monoisotopic (exact) mass is 562 g/mol. The summed E-state index contributed by atoms with van der Waals surface area (Å²) in [5.74, 6) is -3.44. The van der Waals surface area contributed by atoms with E-state index in [2.05, 4.69) is 0 Å². The molecule has 0 aromatic heterocycles. The van der Waals surface area contributed by atoms with Crippen molar-refractivity contribution in [3.05, 3.63) is 88.5 Å². The van der Waals surface area contributed by atoms with Gasteiger partial charge in [-0.2, -0.15) is 0 Å². The van der Waals surface area contributed by atoms with Crippen LogP contribution >= 0.6 is 0 Å². The fourth-order valence-electron chi connectivity index (χ4n) is 5.59. The van der Waals surface area contributed by atoms with Crippen LogP contribution in [0.4, 0.5) is 0 Å². The minimum absolute atomic E-state index is 0.0686. The molecule has 11 heteroatoms. The van der Waals surface area contributed by atoms with Crippen molar-refractivity contribution in [1.82, 2.24) is 0 Å². The zero-order chi connectivity index (χ0) is 29.2. The van der Waals surface area contributed by atoms with E-state index in [1.165, 1.54) is 60.7 Å². The van der Waals surface area contributed by atoms with Crippen LogP contribution in [-0.4, -0.2) is 58.2 Å². The van der Waals surface area contributed by atoms with E-state index < -0.39 is 53.3 Å². The molecule has 0 radical (unpaired) electrons. The molecule has 0 saturated carbocycles. The maximum absolute atomic E-state index is 11.6. The Balaban J connectivity index is 1.45. The molecule has 0 fully saturated rings. The molecule has 0 unspecified atom stereocenters. The molecule has 0 aliphatic carbocycles. The van der Waals surface area contributed by atoms with Crippen molar-refractivity contribution < 1.29 is 55.4 Å². The highest BCUT2D eigenvalue weighted by molar-refractivity contribution is 5.63. The third-order valence-corrected chi connectivity index (χ3v) is 7.60. The van der Waals surface area contributed by atoms with Crippen LogP contribution in [0.5, 0.6) is 51.7 Å². The molecule has 2 aliphatic rings. The van der Waals surface area contributed by atoms with Gasteiger partial charge in [-0.1, -0.05) is 18.2 Å². The first-order valence-corrected chi connectivity index (χ1v) is 12.7. The lowest BCUT2D eigenvalue weighted by Crippen LogP contribution is -2.35. The maximum Gasteiger partial charge on any atom is 0.157 e. The lowest BCUT2D eigenvalue weighted by Gasteiger charge is -2.39. The van der Waals surface area contributed by atoms with Gasteiger partial charge in [-0.3, -0.25) is 0 Å². The second-order valence-electron chi connectivity index (χ2n) is 10.2. The first-order chi connectivity index (χ1) is 19.5. The third-order valence-electron chi connectivity index (χ3n) is 7.60. The third kappa shape index (κ3) is 4.31. The normalized spacial score (nSPS) is 23.1.